The van der Waals surface area contributed by atoms with E-state index in [-0.39, 0.29) is 6.10 Å². The number of hydrogen-bond acceptors (Lipinski definition) is 3. The second kappa shape index (κ2) is 8.28. The van der Waals surface area contributed by atoms with Gasteiger partial charge in [-0.15, -0.1) is 0 Å². The highest BCUT2D eigenvalue weighted by atomic mass is 16.5. The molecule has 0 saturated carbocycles. The van der Waals surface area contributed by atoms with Crippen molar-refractivity contribution in [3.8, 4) is 5.75 Å². The van der Waals surface area contributed by atoms with Gasteiger partial charge in [0, 0.05) is 24.2 Å². The van der Waals surface area contributed by atoms with Crippen LogP contribution >= 0.6 is 0 Å². The number of methoxy groups -OCH3 is 2. The van der Waals surface area contributed by atoms with Gasteiger partial charge in [0.05, 0.1) is 13.2 Å². The van der Waals surface area contributed by atoms with Gasteiger partial charge in [0.2, 0.25) is 0 Å². The molecule has 0 spiro atoms. The molecule has 0 amide bonds. The Bertz CT molecular complexity index is 891. The lowest BCUT2D eigenvalue weighted by molar-refractivity contribution is 0.168. The van der Waals surface area contributed by atoms with Gasteiger partial charge in [0.1, 0.15) is 5.75 Å². The average molecular weight is 361 g/mol. The smallest absolute Gasteiger partial charge is 0.119 e. The van der Waals surface area contributed by atoms with Gasteiger partial charge in [0.25, 0.3) is 0 Å². The van der Waals surface area contributed by atoms with E-state index >= 15 is 0 Å². The molecule has 0 aromatic heterocycles. The van der Waals surface area contributed by atoms with Gasteiger partial charge in [-0.3, -0.25) is 0 Å². The molecule has 1 atom stereocenters. The van der Waals surface area contributed by atoms with Gasteiger partial charge in [-0.2, -0.15) is 0 Å². The van der Waals surface area contributed by atoms with E-state index in [1.165, 1.54) is 16.7 Å². The predicted molar refractivity (Wildman–Crippen MR) is 113 cm³/mol. The first kappa shape index (κ1) is 19.0. The van der Waals surface area contributed by atoms with E-state index in [9.17, 15) is 0 Å². The summed E-state index contributed by atoms with van der Waals surface area (Å²) in [6.07, 6.45) is 8.49. The standard InChI is InChI=1S/C24H27NO2/c1-17-6-9-22(16-19(17)3)25(21-10-13-23(26-4)14-11-21)20-8-7-18(2)24(27-5)15-12-20/h6-16,24H,1-5H3. The average Bonchev–Trinajstić information content (AvgIpc) is 2.87. The summed E-state index contributed by atoms with van der Waals surface area (Å²) in [4.78, 5) is 2.25. The molecule has 140 valence electrons. The number of hydrogen-bond donors (Lipinski definition) is 0. The van der Waals surface area contributed by atoms with Crippen LogP contribution in [0.25, 0.3) is 0 Å². The van der Waals surface area contributed by atoms with Crippen LogP contribution in [0.1, 0.15) is 18.1 Å². The van der Waals surface area contributed by atoms with E-state index < -0.39 is 0 Å². The number of allylic oxidation sites excluding steroid dienone is 3. The van der Waals surface area contributed by atoms with Crippen LogP contribution < -0.4 is 9.64 Å². The van der Waals surface area contributed by atoms with Crippen LogP contribution in [-0.4, -0.2) is 20.3 Å². The summed E-state index contributed by atoms with van der Waals surface area (Å²) in [5.41, 5.74) is 7.03. The third-order valence-corrected chi connectivity index (χ3v) is 5.00. The lowest BCUT2D eigenvalue weighted by atomic mass is 10.1. The van der Waals surface area contributed by atoms with E-state index in [4.69, 9.17) is 9.47 Å². The van der Waals surface area contributed by atoms with Crippen LogP contribution in [0.15, 0.2) is 78.0 Å². The fraction of sp³-hybridized carbons (Fsp3) is 0.250. The lowest BCUT2D eigenvalue weighted by Gasteiger charge is -2.27. The Balaban J connectivity index is 2.10. The highest BCUT2D eigenvalue weighted by Gasteiger charge is 2.16. The molecule has 0 saturated heterocycles. The highest BCUT2D eigenvalue weighted by Crippen LogP contribution is 2.33. The number of benzene rings is 2. The zero-order chi connectivity index (χ0) is 19.4. The molecule has 27 heavy (non-hydrogen) atoms. The predicted octanol–water partition coefficient (Wildman–Crippen LogP) is 5.87. The summed E-state index contributed by atoms with van der Waals surface area (Å²) in [5.74, 6) is 0.847. The molecule has 0 fully saturated rings. The van der Waals surface area contributed by atoms with Gasteiger partial charge in [-0.05, 0) is 92.1 Å². The van der Waals surface area contributed by atoms with E-state index in [1.54, 1.807) is 14.2 Å². The molecular weight excluding hydrogens is 334 g/mol. The molecule has 0 radical (unpaired) electrons. The number of rotatable bonds is 5. The lowest BCUT2D eigenvalue weighted by Crippen LogP contribution is -2.15. The summed E-state index contributed by atoms with van der Waals surface area (Å²) < 4.78 is 10.9. The third-order valence-electron chi connectivity index (χ3n) is 5.00. The summed E-state index contributed by atoms with van der Waals surface area (Å²) in [7, 11) is 3.42. The van der Waals surface area contributed by atoms with E-state index in [2.05, 4.69) is 80.3 Å². The Labute approximate surface area is 162 Å². The van der Waals surface area contributed by atoms with Crippen molar-refractivity contribution in [1.82, 2.24) is 0 Å². The van der Waals surface area contributed by atoms with Crippen LogP contribution in [0.2, 0.25) is 0 Å². The van der Waals surface area contributed by atoms with Crippen molar-refractivity contribution in [2.75, 3.05) is 19.1 Å². The van der Waals surface area contributed by atoms with Gasteiger partial charge >= 0.3 is 0 Å². The van der Waals surface area contributed by atoms with Crippen LogP contribution in [-0.2, 0) is 4.74 Å². The molecule has 3 heteroatoms. The molecule has 2 aromatic rings. The summed E-state index contributed by atoms with van der Waals surface area (Å²) in [6.45, 7) is 6.37. The fourth-order valence-corrected chi connectivity index (χ4v) is 3.16. The minimum atomic E-state index is -0.00350. The van der Waals surface area contributed by atoms with Gasteiger partial charge in [-0.25, -0.2) is 0 Å². The number of nitrogens with zero attached hydrogens (tertiary/aromatic N) is 1. The topological polar surface area (TPSA) is 21.7 Å². The van der Waals surface area contributed by atoms with Gasteiger partial charge < -0.3 is 14.4 Å². The Morgan fingerprint density at radius 3 is 2.15 bits per heavy atom. The summed E-state index contributed by atoms with van der Waals surface area (Å²) in [5, 5.41) is 0. The molecule has 3 nitrogen and oxygen atoms in total. The minimum Gasteiger partial charge on any atom is -0.497 e. The second-order valence-electron chi connectivity index (χ2n) is 6.82. The fourth-order valence-electron chi connectivity index (χ4n) is 3.16. The van der Waals surface area contributed by atoms with Crippen molar-refractivity contribution >= 4 is 11.4 Å². The Kier molecular flexibility index (Phi) is 5.82. The molecule has 0 aliphatic heterocycles. The largest absolute Gasteiger partial charge is 0.497 e. The van der Waals surface area contributed by atoms with Crippen molar-refractivity contribution in [1.29, 1.82) is 0 Å². The molecule has 0 bridgehead atoms. The highest BCUT2D eigenvalue weighted by molar-refractivity contribution is 5.72. The van der Waals surface area contributed by atoms with Crippen molar-refractivity contribution in [3.63, 3.8) is 0 Å². The molecular formula is C24H27NO2. The molecule has 0 N–H and O–H groups in total. The first-order valence-corrected chi connectivity index (χ1v) is 9.14. The van der Waals surface area contributed by atoms with E-state index in [0.717, 1.165) is 22.8 Å². The van der Waals surface area contributed by atoms with Crippen LogP contribution in [0.3, 0.4) is 0 Å². The van der Waals surface area contributed by atoms with Crippen LogP contribution in [0, 0.1) is 13.8 Å². The molecule has 1 aliphatic carbocycles. The van der Waals surface area contributed by atoms with Crippen LogP contribution in [0.4, 0.5) is 11.4 Å². The summed E-state index contributed by atoms with van der Waals surface area (Å²) in [6, 6.07) is 14.7. The van der Waals surface area contributed by atoms with E-state index in [1.807, 2.05) is 12.1 Å². The normalized spacial score (nSPS) is 16.4. The number of aryl methyl sites for hydroxylation is 2. The zero-order valence-electron chi connectivity index (χ0n) is 16.7. The monoisotopic (exact) mass is 361 g/mol. The van der Waals surface area contributed by atoms with Crippen LogP contribution in [0.5, 0.6) is 5.75 Å². The Morgan fingerprint density at radius 2 is 1.52 bits per heavy atom. The van der Waals surface area contributed by atoms with E-state index in [0.29, 0.717) is 0 Å². The molecule has 1 aliphatic rings. The van der Waals surface area contributed by atoms with Crippen molar-refractivity contribution in [2.24, 2.45) is 0 Å². The Morgan fingerprint density at radius 1 is 0.815 bits per heavy atom. The first-order chi connectivity index (χ1) is 13.0. The maximum Gasteiger partial charge on any atom is 0.119 e. The number of anilines is 2. The maximum absolute atomic E-state index is 5.56. The first-order valence-electron chi connectivity index (χ1n) is 9.14. The maximum atomic E-state index is 5.56. The second-order valence-corrected chi connectivity index (χ2v) is 6.82. The number of ether oxygens (including phenoxy) is 2. The quantitative estimate of drug-likeness (QED) is 0.665. The minimum absolute atomic E-state index is 0.00350. The van der Waals surface area contributed by atoms with Gasteiger partial charge in [-0.1, -0.05) is 12.1 Å². The zero-order valence-corrected chi connectivity index (χ0v) is 16.7. The molecule has 2 aromatic carbocycles. The molecule has 3 rings (SSSR count). The van der Waals surface area contributed by atoms with Crippen molar-refractivity contribution in [2.45, 2.75) is 26.9 Å². The third kappa shape index (κ3) is 4.15. The summed E-state index contributed by atoms with van der Waals surface area (Å²) >= 11 is 0. The Hall–Kier alpha value is -2.78. The van der Waals surface area contributed by atoms with Crippen molar-refractivity contribution < 1.29 is 9.47 Å². The van der Waals surface area contributed by atoms with Gasteiger partial charge in [0.15, 0.2) is 0 Å². The molecule has 1 unspecified atom stereocenters. The molecule has 0 heterocycles. The van der Waals surface area contributed by atoms with Crippen molar-refractivity contribution in [3.05, 3.63) is 89.2 Å². The SMILES string of the molecule is COc1ccc(N(C2=CC=C(C)C(OC)C=C2)c2ccc(C)c(C)c2)cc1.